The van der Waals surface area contributed by atoms with Crippen molar-refractivity contribution in [2.75, 3.05) is 16.8 Å². The topological polar surface area (TPSA) is 66.5 Å². The van der Waals surface area contributed by atoms with Crippen LogP contribution in [-0.4, -0.2) is 20.9 Å². The fraction of sp³-hybridized carbons (Fsp3) is 0.250. The van der Waals surface area contributed by atoms with Gasteiger partial charge in [0.2, 0.25) is 9.84 Å². The second-order valence-electron chi connectivity index (χ2n) is 6.83. The van der Waals surface area contributed by atoms with Gasteiger partial charge >= 0.3 is 0 Å². The average molecular weight is 368 g/mol. The number of sulfone groups is 1. The van der Waals surface area contributed by atoms with Crippen LogP contribution in [0, 0.1) is 13.8 Å². The van der Waals surface area contributed by atoms with Gasteiger partial charge in [-0.15, -0.1) is 0 Å². The molecule has 2 aromatic carbocycles. The van der Waals surface area contributed by atoms with Gasteiger partial charge in [-0.2, -0.15) is 0 Å². The number of allylic oxidation sites excluding steroid dienone is 1. The molecular weight excluding hydrogens is 348 g/mol. The van der Waals surface area contributed by atoms with E-state index in [0.717, 1.165) is 24.1 Å². The standard InChI is InChI=1S/C20H20N2O3S/c1-13-10-14(2)12-15(11-13)21-20(23)19-17-7-5-9-22(17)16-6-3-4-8-18(16)26(19,24)25/h3-4,6,8,10-12H,5,7,9H2,1-2H3,(H,21,23). The molecule has 0 spiro atoms. The zero-order valence-electron chi connectivity index (χ0n) is 14.7. The fourth-order valence-corrected chi connectivity index (χ4v) is 5.59. The van der Waals surface area contributed by atoms with Gasteiger partial charge in [0.15, 0.2) is 4.91 Å². The van der Waals surface area contributed by atoms with Gasteiger partial charge in [-0.25, -0.2) is 8.42 Å². The van der Waals surface area contributed by atoms with Gasteiger partial charge in [0.05, 0.1) is 10.6 Å². The van der Waals surface area contributed by atoms with Crippen LogP contribution < -0.4 is 10.2 Å². The first-order valence-electron chi connectivity index (χ1n) is 8.62. The fourth-order valence-electron chi connectivity index (χ4n) is 3.84. The number of hydrogen-bond acceptors (Lipinski definition) is 4. The van der Waals surface area contributed by atoms with E-state index >= 15 is 0 Å². The van der Waals surface area contributed by atoms with Gasteiger partial charge in [-0.1, -0.05) is 18.2 Å². The van der Waals surface area contributed by atoms with Gasteiger partial charge < -0.3 is 10.2 Å². The summed E-state index contributed by atoms with van der Waals surface area (Å²) in [6.07, 6.45) is 1.42. The molecular formula is C20H20N2O3S. The summed E-state index contributed by atoms with van der Waals surface area (Å²) in [5.74, 6) is -0.564. The Morgan fingerprint density at radius 3 is 2.50 bits per heavy atom. The summed E-state index contributed by atoms with van der Waals surface area (Å²) >= 11 is 0. The van der Waals surface area contributed by atoms with Crippen LogP contribution in [0.4, 0.5) is 11.4 Å². The van der Waals surface area contributed by atoms with Crippen molar-refractivity contribution < 1.29 is 13.2 Å². The molecule has 0 aromatic heterocycles. The second kappa shape index (κ2) is 5.99. The van der Waals surface area contributed by atoms with Crippen LogP contribution in [0.15, 0.2) is 58.0 Å². The van der Waals surface area contributed by atoms with E-state index < -0.39 is 15.7 Å². The number of hydrogen-bond donors (Lipinski definition) is 1. The van der Waals surface area contributed by atoms with Crippen LogP contribution in [0.1, 0.15) is 24.0 Å². The van der Waals surface area contributed by atoms with E-state index in [-0.39, 0.29) is 9.80 Å². The Kier molecular flexibility index (Phi) is 3.88. The maximum absolute atomic E-state index is 13.2. The van der Waals surface area contributed by atoms with E-state index in [2.05, 4.69) is 5.32 Å². The molecule has 1 saturated heterocycles. The summed E-state index contributed by atoms with van der Waals surface area (Å²) in [7, 11) is -3.85. The minimum absolute atomic E-state index is 0.118. The lowest BCUT2D eigenvalue weighted by Crippen LogP contribution is -2.32. The van der Waals surface area contributed by atoms with Crippen molar-refractivity contribution in [3.05, 3.63) is 64.2 Å². The minimum atomic E-state index is -3.85. The van der Waals surface area contributed by atoms with Crippen molar-refractivity contribution in [3.8, 4) is 0 Å². The molecule has 1 N–H and O–H groups in total. The number of para-hydroxylation sites is 1. The molecule has 2 aliphatic rings. The zero-order valence-corrected chi connectivity index (χ0v) is 15.6. The van der Waals surface area contributed by atoms with Crippen LogP contribution in [0.3, 0.4) is 0 Å². The second-order valence-corrected chi connectivity index (χ2v) is 8.69. The Bertz CT molecular complexity index is 1030. The smallest absolute Gasteiger partial charge is 0.269 e. The Morgan fingerprint density at radius 2 is 1.77 bits per heavy atom. The van der Waals surface area contributed by atoms with Crippen molar-refractivity contribution in [1.82, 2.24) is 0 Å². The molecule has 0 radical (unpaired) electrons. The summed E-state index contributed by atoms with van der Waals surface area (Å²) in [5.41, 5.74) is 3.90. The lowest BCUT2D eigenvalue weighted by Gasteiger charge is -2.29. The van der Waals surface area contributed by atoms with Crippen molar-refractivity contribution >= 4 is 27.1 Å². The summed E-state index contributed by atoms with van der Waals surface area (Å²) in [6.45, 7) is 4.61. The predicted octanol–water partition coefficient (Wildman–Crippen LogP) is 3.54. The molecule has 0 unspecified atom stereocenters. The Balaban J connectivity index is 1.81. The molecule has 2 aromatic rings. The summed E-state index contributed by atoms with van der Waals surface area (Å²) in [4.78, 5) is 15.0. The van der Waals surface area contributed by atoms with Gasteiger partial charge in [-0.05, 0) is 62.1 Å². The van der Waals surface area contributed by atoms with E-state index in [0.29, 0.717) is 23.5 Å². The summed E-state index contributed by atoms with van der Waals surface area (Å²) in [5, 5.41) is 2.79. The average Bonchev–Trinajstić information content (AvgIpc) is 3.02. The zero-order chi connectivity index (χ0) is 18.5. The highest BCUT2D eigenvalue weighted by Crippen LogP contribution is 2.43. The molecule has 26 heavy (non-hydrogen) atoms. The lowest BCUT2D eigenvalue weighted by atomic mass is 10.1. The van der Waals surface area contributed by atoms with Crippen molar-refractivity contribution in [2.24, 2.45) is 0 Å². The Labute approximate surface area is 153 Å². The van der Waals surface area contributed by atoms with Gasteiger partial charge in [0.1, 0.15) is 0 Å². The first-order valence-corrected chi connectivity index (χ1v) is 10.1. The molecule has 0 saturated carbocycles. The van der Waals surface area contributed by atoms with E-state index in [1.165, 1.54) is 0 Å². The van der Waals surface area contributed by atoms with Crippen LogP contribution in [0.2, 0.25) is 0 Å². The molecule has 0 atom stereocenters. The molecule has 1 fully saturated rings. The lowest BCUT2D eigenvalue weighted by molar-refractivity contribution is -0.112. The molecule has 4 rings (SSSR count). The largest absolute Gasteiger partial charge is 0.343 e. The first kappa shape index (κ1) is 16.8. The number of fused-ring (bicyclic) bond motifs is 3. The molecule has 0 aliphatic carbocycles. The molecule has 2 heterocycles. The highest BCUT2D eigenvalue weighted by atomic mass is 32.2. The third-order valence-corrected chi connectivity index (χ3v) is 6.67. The van der Waals surface area contributed by atoms with Crippen molar-refractivity contribution in [2.45, 2.75) is 31.6 Å². The normalized spacial score (nSPS) is 17.7. The van der Waals surface area contributed by atoms with Crippen molar-refractivity contribution in [3.63, 3.8) is 0 Å². The molecule has 1 amide bonds. The maximum atomic E-state index is 13.2. The number of nitrogens with zero attached hydrogens (tertiary/aromatic N) is 1. The SMILES string of the molecule is Cc1cc(C)cc(NC(=O)C2=C3CCCN3c3ccccc3S2(=O)=O)c1. The third-order valence-electron chi connectivity index (χ3n) is 4.78. The Morgan fingerprint density at radius 1 is 1.08 bits per heavy atom. The number of benzene rings is 2. The van der Waals surface area contributed by atoms with Crippen LogP contribution >= 0.6 is 0 Å². The van der Waals surface area contributed by atoms with E-state index in [1.807, 2.05) is 43.0 Å². The molecule has 2 aliphatic heterocycles. The van der Waals surface area contributed by atoms with Gasteiger partial charge in [0.25, 0.3) is 5.91 Å². The third kappa shape index (κ3) is 2.61. The molecule has 0 bridgehead atoms. The van der Waals surface area contributed by atoms with E-state index in [1.54, 1.807) is 18.2 Å². The highest BCUT2D eigenvalue weighted by Gasteiger charge is 2.41. The number of amides is 1. The number of aryl methyl sites for hydroxylation is 2. The van der Waals surface area contributed by atoms with Crippen LogP contribution in [-0.2, 0) is 14.6 Å². The number of carbonyl (C=O) groups excluding carboxylic acids is 1. The highest BCUT2D eigenvalue weighted by molar-refractivity contribution is 7.96. The van der Waals surface area contributed by atoms with Crippen LogP contribution in [0.5, 0.6) is 0 Å². The quantitative estimate of drug-likeness (QED) is 0.880. The number of rotatable bonds is 2. The molecule has 5 nitrogen and oxygen atoms in total. The monoisotopic (exact) mass is 368 g/mol. The van der Waals surface area contributed by atoms with Gasteiger partial charge in [0, 0.05) is 17.9 Å². The predicted molar refractivity (Wildman–Crippen MR) is 102 cm³/mol. The number of nitrogens with one attached hydrogen (secondary N) is 1. The molecule has 6 heteroatoms. The van der Waals surface area contributed by atoms with Gasteiger partial charge in [-0.3, -0.25) is 4.79 Å². The van der Waals surface area contributed by atoms with Crippen molar-refractivity contribution in [1.29, 1.82) is 0 Å². The minimum Gasteiger partial charge on any atom is -0.343 e. The van der Waals surface area contributed by atoms with Crippen LogP contribution in [0.25, 0.3) is 0 Å². The van der Waals surface area contributed by atoms with E-state index in [9.17, 15) is 13.2 Å². The number of carbonyl (C=O) groups is 1. The summed E-state index contributed by atoms with van der Waals surface area (Å²) < 4.78 is 26.3. The summed E-state index contributed by atoms with van der Waals surface area (Å²) in [6, 6.07) is 12.6. The maximum Gasteiger partial charge on any atom is 0.269 e. The number of anilines is 2. The molecule has 134 valence electrons. The Hall–Kier alpha value is -2.60. The van der Waals surface area contributed by atoms with E-state index in [4.69, 9.17) is 0 Å². The first-order chi connectivity index (χ1) is 12.4.